The molecule has 0 fully saturated rings. The first-order valence-corrected chi connectivity index (χ1v) is 13.4. The Balaban J connectivity index is 1.40. The number of nitrogens with zero attached hydrogens (tertiary/aromatic N) is 2. The van der Waals surface area contributed by atoms with E-state index >= 15 is 0 Å². The van der Waals surface area contributed by atoms with Gasteiger partial charge >= 0.3 is 5.97 Å². The molecule has 0 aromatic heterocycles. The molecule has 14 heteroatoms. The van der Waals surface area contributed by atoms with Crippen molar-refractivity contribution in [2.45, 2.75) is 0 Å². The van der Waals surface area contributed by atoms with Gasteiger partial charge in [-0.15, -0.1) is 0 Å². The third-order valence-corrected chi connectivity index (χ3v) is 6.39. The number of amides is 2. The number of carbonyl (C=O) groups excluding carboxylic acids is 3. The number of hydrogen-bond acceptors (Lipinski definition) is 11. The quantitative estimate of drug-likeness (QED) is 0.0724. The maximum Gasteiger partial charge on any atom is 0.343 e. The molecule has 0 bridgehead atoms. The summed E-state index contributed by atoms with van der Waals surface area (Å²) >= 11 is 0. The summed E-state index contributed by atoms with van der Waals surface area (Å²) in [5.41, 5.74) is 3.70. The van der Waals surface area contributed by atoms with Gasteiger partial charge < -0.3 is 29.0 Å². The second-order valence-corrected chi connectivity index (χ2v) is 9.25. The van der Waals surface area contributed by atoms with E-state index in [9.17, 15) is 24.5 Å². The summed E-state index contributed by atoms with van der Waals surface area (Å²) in [6.45, 7) is 0. The van der Waals surface area contributed by atoms with E-state index in [4.69, 9.17) is 23.7 Å². The van der Waals surface area contributed by atoms with Crippen molar-refractivity contribution in [1.82, 2.24) is 5.43 Å². The van der Waals surface area contributed by atoms with Gasteiger partial charge in [0.1, 0.15) is 0 Å². The maximum absolute atomic E-state index is 12.9. The van der Waals surface area contributed by atoms with E-state index in [-0.39, 0.29) is 45.4 Å². The van der Waals surface area contributed by atoms with Crippen molar-refractivity contribution in [2.75, 3.05) is 33.8 Å². The highest BCUT2D eigenvalue weighted by molar-refractivity contribution is 6.05. The van der Waals surface area contributed by atoms with Gasteiger partial charge in [-0.25, -0.2) is 10.2 Å². The van der Waals surface area contributed by atoms with Crippen LogP contribution in [0.4, 0.5) is 11.4 Å². The zero-order valence-electron chi connectivity index (χ0n) is 25.1. The molecular formula is C32H28N4O10. The van der Waals surface area contributed by atoms with E-state index in [0.717, 1.165) is 0 Å². The smallest absolute Gasteiger partial charge is 0.343 e. The number of non-ortho nitro benzene ring substituents is 1. The van der Waals surface area contributed by atoms with Crippen molar-refractivity contribution < 1.29 is 43.0 Å². The van der Waals surface area contributed by atoms with Crippen molar-refractivity contribution in [1.29, 1.82) is 0 Å². The number of rotatable bonds is 12. The number of ether oxygens (including phenoxy) is 5. The largest absolute Gasteiger partial charge is 0.493 e. The van der Waals surface area contributed by atoms with Crippen LogP contribution in [0.2, 0.25) is 0 Å². The summed E-state index contributed by atoms with van der Waals surface area (Å²) in [6, 6.07) is 18.9. The summed E-state index contributed by atoms with van der Waals surface area (Å²) in [4.78, 5) is 48.4. The molecule has 0 atom stereocenters. The normalized spacial score (nSPS) is 10.5. The van der Waals surface area contributed by atoms with Gasteiger partial charge in [0.15, 0.2) is 23.0 Å². The topological polar surface area (TPSA) is 177 Å². The van der Waals surface area contributed by atoms with Gasteiger partial charge in [0.05, 0.1) is 45.1 Å². The lowest BCUT2D eigenvalue weighted by atomic mass is 10.1. The number of hydrazone groups is 1. The lowest BCUT2D eigenvalue weighted by molar-refractivity contribution is -0.384. The zero-order chi connectivity index (χ0) is 33.2. The number of nitro benzene ring substituents is 1. The van der Waals surface area contributed by atoms with E-state index in [1.165, 1.54) is 89.3 Å². The van der Waals surface area contributed by atoms with Crippen LogP contribution < -0.4 is 34.4 Å². The van der Waals surface area contributed by atoms with E-state index in [0.29, 0.717) is 17.0 Å². The molecule has 0 heterocycles. The molecule has 0 saturated carbocycles. The number of nitro groups is 1. The van der Waals surface area contributed by atoms with Crippen molar-refractivity contribution in [3.05, 3.63) is 111 Å². The number of hydrogen-bond donors (Lipinski definition) is 2. The van der Waals surface area contributed by atoms with Crippen LogP contribution in [0.25, 0.3) is 0 Å². The first-order valence-electron chi connectivity index (χ1n) is 13.4. The summed E-state index contributed by atoms with van der Waals surface area (Å²) in [7, 11) is 5.72. The molecule has 4 aromatic rings. The minimum atomic E-state index is -0.697. The maximum atomic E-state index is 12.9. The van der Waals surface area contributed by atoms with E-state index in [1.54, 1.807) is 24.3 Å². The zero-order valence-corrected chi connectivity index (χ0v) is 25.1. The fourth-order valence-corrected chi connectivity index (χ4v) is 4.11. The van der Waals surface area contributed by atoms with Crippen LogP contribution in [-0.4, -0.2) is 57.4 Å². The summed E-state index contributed by atoms with van der Waals surface area (Å²) in [5, 5.41) is 17.5. The van der Waals surface area contributed by atoms with E-state index in [1.807, 2.05) is 0 Å². The SMILES string of the molecule is COc1cc(C=NNC(=O)c2cccc(NC(=O)c3ccc([N+](=O)[O-])cc3)c2)ccc1OC(=O)c1cc(OC)c(OC)c(OC)c1. The van der Waals surface area contributed by atoms with E-state index < -0.39 is 22.7 Å². The fraction of sp³-hybridized carbons (Fsp3) is 0.125. The minimum Gasteiger partial charge on any atom is -0.493 e. The molecular weight excluding hydrogens is 600 g/mol. The molecule has 0 radical (unpaired) electrons. The number of nitrogens with one attached hydrogen (secondary N) is 2. The molecule has 0 aliphatic carbocycles. The number of anilines is 1. The first kappa shape index (κ1) is 32.5. The average molecular weight is 629 g/mol. The van der Waals surface area contributed by atoms with Gasteiger partial charge in [-0.2, -0.15) is 5.10 Å². The second kappa shape index (κ2) is 14.8. The first-order chi connectivity index (χ1) is 22.2. The molecule has 2 N–H and O–H groups in total. The third kappa shape index (κ3) is 7.74. The highest BCUT2D eigenvalue weighted by Crippen LogP contribution is 2.39. The molecule has 4 aromatic carbocycles. The van der Waals surface area contributed by atoms with Crippen molar-refractivity contribution in [2.24, 2.45) is 5.10 Å². The molecule has 0 unspecified atom stereocenters. The Morgan fingerprint density at radius 2 is 1.39 bits per heavy atom. The molecule has 2 amide bonds. The van der Waals surface area contributed by atoms with Crippen LogP contribution in [0.3, 0.4) is 0 Å². The fourth-order valence-electron chi connectivity index (χ4n) is 4.11. The van der Waals surface area contributed by atoms with Gasteiger partial charge in [-0.3, -0.25) is 19.7 Å². The van der Waals surface area contributed by atoms with Crippen LogP contribution in [0.1, 0.15) is 36.6 Å². The van der Waals surface area contributed by atoms with E-state index in [2.05, 4.69) is 15.8 Å². The molecule has 0 aliphatic heterocycles. The Bertz CT molecular complexity index is 1780. The predicted octanol–water partition coefficient (Wildman–Crippen LogP) is 4.86. The molecule has 0 spiro atoms. The summed E-state index contributed by atoms with van der Waals surface area (Å²) in [6.07, 6.45) is 1.37. The average Bonchev–Trinajstić information content (AvgIpc) is 3.08. The molecule has 236 valence electrons. The number of methoxy groups -OCH3 is 4. The summed E-state index contributed by atoms with van der Waals surface area (Å²) in [5.74, 6) is -0.488. The highest BCUT2D eigenvalue weighted by atomic mass is 16.6. The lowest BCUT2D eigenvalue weighted by Gasteiger charge is -2.14. The van der Waals surface area contributed by atoms with Crippen LogP contribution >= 0.6 is 0 Å². The van der Waals surface area contributed by atoms with Gasteiger partial charge in [0, 0.05) is 28.9 Å². The van der Waals surface area contributed by atoms with Gasteiger partial charge in [-0.1, -0.05) is 6.07 Å². The monoisotopic (exact) mass is 628 g/mol. The highest BCUT2D eigenvalue weighted by Gasteiger charge is 2.20. The minimum absolute atomic E-state index is 0.134. The molecule has 0 aliphatic rings. The van der Waals surface area contributed by atoms with Gasteiger partial charge in [0.2, 0.25) is 5.75 Å². The Kier molecular flexibility index (Phi) is 10.5. The van der Waals surface area contributed by atoms with Gasteiger partial charge in [0.25, 0.3) is 17.5 Å². The predicted molar refractivity (Wildman–Crippen MR) is 167 cm³/mol. The second-order valence-electron chi connectivity index (χ2n) is 9.25. The van der Waals surface area contributed by atoms with Gasteiger partial charge in [-0.05, 0) is 66.2 Å². The standard InChI is InChI=1S/C32H28N4O10/c1-42-26-14-19(8-13-25(26)46-32(39)22-16-27(43-2)29(45-4)28(17-22)44-3)18-33-35-31(38)21-6-5-7-23(15-21)34-30(37)20-9-11-24(12-10-20)36(40)41/h5-18H,1-4H3,(H,34,37)(H,35,38). The summed E-state index contributed by atoms with van der Waals surface area (Å²) < 4.78 is 26.8. The van der Waals surface area contributed by atoms with Crippen LogP contribution in [-0.2, 0) is 0 Å². The van der Waals surface area contributed by atoms with Crippen LogP contribution in [0, 0.1) is 10.1 Å². The number of esters is 1. The Morgan fingerprint density at radius 3 is 2.00 bits per heavy atom. The molecule has 14 nitrogen and oxygen atoms in total. The number of carbonyl (C=O) groups is 3. The molecule has 4 rings (SSSR count). The Labute approximate surface area is 262 Å². The number of benzene rings is 4. The van der Waals surface area contributed by atoms with Crippen molar-refractivity contribution >= 4 is 35.4 Å². The third-order valence-electron chi connectivity index (χ3n) is 6.39. The van der Waals surface area contributed by atoms with Crippen LogP contribution in [0.15, 0.2) is 84.0 Å². The van der Waals surface area contributed by atoms with Crippen molar-refractivity contribution in [3.8, 4) is 28.7 Å². The molecule has 46 heavy (non-hydrogen) atoms. The lowest BCUT2D eigenvalue weighted by Crippen LogP contribution is -2.18. The van der Waals surface area contributed by atoms with Crippen LogP contribution in [0.5, 0.6) is 28.7 Å². The van der Waals surface area contributed by atoms with Crippen molar-refractivity contribution in [3.63, 3.8) is 0 Å². The Morgan fingerprint density at radius 1 is 0.717 bits per heavy atom. The Hall–Kier alpha value is -6.44. The molecule has 0 saturated heterocycles.